The first-order valence-electron chi connectivity index (χ1n) is 9.58. The highest BCUT2D eigenvalue weighted by Crippen LogP contribution is 2.34. The van der Waals surface area contributed by atoms with Gasteiger partial charge in [-0.2, -0.15) is 4.98 Å². The zero-order valence-corrected chi connectivity index (χ0v) is 15.7. The molecule has 1 atom stereocenters. The van der Waals surface area contributed by atoms with Gasteiger partial charge in [0.2, 0.25) is 11.7 Å². The number of hydrogen-bond acceptors (Lipinski definition) is 6. The molecule has 2 N–H and O–H groups in total. The van der Waals surface area contributed by atoms with E-state index in [1.54, 1.807) is 6.20 Å². The van der Waals surface area contributed by atoms with Gasteiger partial charge in [0.15, 0.2) is 0 Å². The molecule has 3 aromatic heterocycles. The number of aromatic amines is 1. The quantitative estimate of drug-likeness (QED) is 0.550. The number of nitrogens with zero attached hydrogens (tertiary/aromatic N) is 4. The predicted octanol–water partition coefficient (Wildman–Crippen LogP) is 3.99. The number of rotatable bonds is 5. The number of aromatic nitrogens is 4. The molecule has 1 saturated heterocycles. The fourth-order valence-electron chi connectivity index (χ4n) is 3.94. The summed E-state index contributed by atoms with van der Waals surface area (Å²) in [6.45, 7) is 1.89. The Morgan fingerprint density at radius 3 is 3.04 bits per heavy atom. The summed E-state index contributed by atoms with van der Waals surface area (Å²) >= 11 is 0. The number of likely N-dealkylation sites (tertiary alicyclic amines) is 1. The summed E-state index contributed by atoms with van der Waals surface area (Å²) in [5.41, 5.74) is 3.33. The Kier molecular flexibility index (Phi) is 4.29. The van der Waals surface area contributed by atoms with E-state index in [0.717, 1.165) is 37.3 Å². The van der Waals surface area contributed by atoms with E-state index < -0.39 is 0 Å². The topological polar surface area (TPSA) is 82.9 Å². The molecule has 5 rings (SSSR count). The maximum Gasteiger partial charge on any atom is 0.244 e. The highest BCUT2D eigenvalue weighted by molar-refractivity contribution is 5.82. The first-order valence-corrected chi connectivity index (χ1v) is 9.58. The van der Waals surface area contributed by atoms with Gasteiger partial charge in [-0.15, -0.1) is 0 Å². The minimum atomic E-state index is 0.152. The lowest BCUT2D eigenvalue weighted by Crippen LogP contribution is -2.22. The van der Waals surface area contributed by atoms with Crippen LogP contribution in [0.3, 0.4) is 0 Å². The van der Waals surface area contributed by atoms with Crippen LogP contribution in [0, 0.1) is 0 Å². The largest absolute Gasteiger partial charge is 0.373 e. The zero-order valence-electron chi connectivity index (χ0n) is 15.7. The molecule has 0 amide bonds. The van der Waals surface area contributed by atoms with Crippen molar-refractivity contribution in [3.05, 3.63) is 60.2 Å². The van der Waals surface area contributed by atoms with E-state index in [2.05, 4.69) is 60.8 Å². The summed E-state index contributed by atoms with van der Waals surface area (Å²) in [5, 5.41) is 8.47. The second-order valence-electron chi connectivity index (χ2n) is 7.13. The average Bonchev–Trinajstić information content (AvgIpc) is 3.48. The molecule has 28 heavy (non-hydrogen) atoms. The van der Waals surface area contributed by atoms with E-state index >= 15 is 0 Å². The van der Waals surface area contributed by atoms with Crippen LogP contribution in [0.4, 0.5) is 5.82 Å². The van der Waals surface area contributed by atoms with Crippen LogP contribution in [-0.2, 0) is 6.54 Å². The molecule has 4 heterocycles. The average molecular weight is 374 g/mol. The maximum absolute atomic E-state index is 5.64. The summed E-state index contributed by atoms with van der Waals surface area (Å²) in [6.07, 6.45) is 6.02. The van der Waals surface area contributed by atoms with Gasteiger partial charge >= 0.3 is 0 Å². The zero-order chi connectivity index (χ0) is 18.9. The van der Waals surface area contributed by atoms with Gasteiger partial charge in [-0.1, -0.05) is 23.4 Å². The Bertz CT molecular complexity index is 1080. The normalized spacial score (nSPS) is 17.4. The van der Waals surface area contributed by atoms with E-state index in [0.29, 0.717) is 11.7 Å². The van der Waals surface area contributed by atoms with Crippen molar-refractivity contribution in [3.8, 4) is 11.4 Å². The first-order chi connectivity index (χ1) is 13.8. The lowest BCUT2D eigenvalue weighted by Gasteiger charge is -2.21. The van der Waals surface area contributed by atoms with Crippen molar-refractivity contribution in [2.24, 2.45) is 0 Å². The number of nitrogens with one attached hydrogen (secondary N) is 2. The third-order valence-electron chi connectivity index (χ3n) is 5.42. The van der Waals surface area contributed by atoms with Gasteiger partial charge in [0, 0.05) is 42.5 Å². The van der Waals surface area contributed by atoms with Crippen LogP contribution in [0.5, 0.6) is 0 Å². The molecule has 4 aromatic rings. The molecule has 7 heteroatoms. The molecule has 1 aromatic carbocycles. The fraction of sp³-hybridized carbons (Fsp3) is 0.286. The molecule has 1 aliphatic heterocycles. The fourth-order valence-corrected chi connectivity index (χ4v) is 3.94. The molecule has 0 aliphatic carbocycles. The van der Waals surface area contributed by atoms with Gasteiger partial charge in [-0.05, 0) is 43.1 Å². The molecule has 1 fully saturated rings. The summed E-state index contributed by atoms with van der Waals surface area (Å²) in [7, 11) is 1.84. The Morgan fingerprint density at radius 1 is 1.25 bits per heavy atom. The van der Waals surface area contributed by atoms with E-state index in [9.17, 15) is 0 Å². The van der Waals surface area contributed by atoms with Crippen molar-refractivity contribution in [2.75, 3.05) is 18.9 Å². The molecular formula is C21H22N6O. The van der Waals surface area contributed by atoms with Crippen molar-refractivity contribution in [3.63, 3.8) is 0 Å². The number of pyridine rings is 1. The third-order valence-corrected chi connectivity index (χ3v) is 5.42. The van der Waals surface area contributed by atoms with Crippen molar-refractivity contribution in [1.82, 2.24) is 25.0 Å². The molecule has 142 valence electrons. The molecular weight excluding hydrogens is 352 g/mol. The van der Waals surface area contributed by atoms with Crippen LogP contribution in [0.1, 0.15) is 30.3 Å². The van der Waals surface area contributed by atoms with Crippen LogP contribution in [0.15, 0.2) is 53.3 Å². The minimum absolute atomic E-state index is 0.152. The molecule has 7 nitrogen and oxygen atoms in total. The Balaban J connectivity index is 1.37. The van der Waals surface area contributed by atoms with Crippen molar-refractivity contribution in [2.45, 2.75) is 25.4 Å². The highest BCUT2D eigenvalue weighted by atomic mass is 16.5. The molecule has 0 unspecified atom stereocenters. The number of anilines is 1. The van der Waals surface area contributed by atoms with Crippen molar-refractivity contribution >= 4 is 16.7 Å². The molecule has 1 aliphatic rings. The third kappa shape index (κ3) is 3.03. The molecule has 0 spiro atoms. The standard InChI is InChI=1S/C21H22N6O/c1-22-19-9-8-14(11-24-19)20-25-21(28-26-20)18-7-4-10-27(18)13-15-12-23-17-6-3-2-5-16(15)17/h2-3,5-6,8-9,11-12,18,23H,4,7,10,13H2,1H3,(H,22,24)/t18-/m0/s1. The van der Waals surface area contributed by atoms with E-state index in [1.807, 2.05) is 19.2 Å². The van der Waals surface area contributed by atoms with Gasteiger partial charge in [-0.3, -0.25) is 4.90 Å². The Labute approximate surface area is 162 Å². The van der Waals surface area contributed by atoms with E-state index in [4.69, 9.17) is 4.52 Å². The minimum Gasteiger partial charge on any atom is -0.373 e. The molecule has 0 radical (unpaired) electrons. The van der Waals surface area contributed by atoms with Crippen LogP contribution in [0.25, 0.3) is 22.3 Å². The summed E-state index contributed by atoms with van der Waals surface area (Å²) < 4.78 is 5.64. The van der Waals surface area contributed by atoms with E-state index in [1.165, 1.54) is 16.5 Å². The SMILES string of the molecule is CNc1ccc(-c2noc([C@@H]3CCCN3Cc3c[nH]c4ccccc34)n2)cn1. The maximum atomic E-state index is 5.64. The van der Waals surface area contributed by atoms with Gasteiger partial charge in [0.25, 0.3) is 0 Å². The second-order valence-corrected chi connectivity index (χ2v) is 7.13. The number of para-hydroxylation sites is 1. The summed E-state index contributed by atoms with van der Waals surface area (Å²) in [6, 6.07) is 12.4. The lowest BCUT2D eigenvalue weighted by molar-refractivity contribution is 0.202. The van der Waals surface area contributed by atoms with E-state index in [-0.39, 0.29) is 6.04 Å². The Hall–Kier alpha value is -3.19. The van der Waals surface area contributed by atoms with Crippen LogP contribution in [0.2, 0.25) is 0 Å². The van der Waals surface area contributed by atoms with Gasteiger partial charge in [-0.25, -0.2) is 4.98 Å². The van der Waals surface area contributed by atoms with Crippen molar-refractivity contribution < 1.29 is 4.52 Å². The van der Waals surface area contributed by atoms with Gasteiger partial charge in [0.05, 0.1) is 6.04 Å². The smallest absolute Gasteiger partial charge is 0.244 e. The first kappa shape index (κ1) is 16.9. The van der Waals surface area contributed by atoms with Crippen LogP contribution in [-0.4, -0.2) is 38.6 Å². The molecule has 0 bridgehead atoms. The highest BCUT2D eigenvalue weighted by Gasteiger charge is 2.31. The predicted molar refractivity (Wildman–Crippen MR) is 108 cm³/mol. The Morgan fingerprint density at radius 2 is 2.18 bits per heavy atom. The number of H-pyrrole nitrogens is 1. The summed E-state index contributed by atoms with van der Waals surface area (Å²) in [4.78, 5) is 14.8. The second kappa shape index (κ2) is 7.09. The van der Waals surface area contributed by atoms with Crippen LogP contribution < -0.4 is 5.32 Å². The van der Waals surface area contributed by atoms with Gasteiger partial charge < -0.3 is 14.8 Å². The number of benzene rings is 1. The van der Waals surface area contributed by atoms with Crippen LogP contribution >= 0.6 is 0 Å². The summed E-state index contributed by atoms with van der Waals surface area (Å²) in [5.74, 6) is 2.09. The monoisotopic (exact) mass is 374 g/mol. The van der Waals surface area contributed by atoms with Gasteiger partial charge in [0.1, 0.15) is 5.82 Å². The van der Waals surface area contributed by atoms with Crippen molar-refractivity contribution in [1.29, 1.82) is 0 Å². The number of fused-ring (bicyclic) bond motifs is 1. The lowest BCUT2D eigenvalue weighted by atomic mass is 10.1. The molecule has 0 saturated carbocycles. The number of hydrogen-bond donors (Lipinski definition) is 2.